The lowest BCUT2D eigenvalue weighted by molar-refractivity contribution is 0.213. The van der Waals surface area contributed by atoms with Crippen LogP contribution >= 0.6 is 0 Å². The normalized spacial score (nSPS) is 23.9. The van der Waals surface area contributed by atoms with Crippen LogP contribution in [0, 0.1) is 0 Å². The molecule has 0 N–H and O–H groups in total. The van der Waals surface area contributed by atoms with E-state index in [1.54, 1.807) is 0 Å². The lowest BCUT2D eigenvalue weighted by Gasteiger charge is -2.27. The van der Waals surface area contributed by atoms with Crippen molar-refractivity contribution in [1.29, 1.82) is 0 Å². The predicted octanol–water partition coefficient (Wildman–Crippen LogP) is 2.45. The first-order valence-electron chi connectivity index (χ1n) is 6.96. The van der Waals surface area contributed by atoms with E-state index >= 15 is 0 Å². The van der Waals surface area contributed by atoms with Gasteiger partial charge in [-0.05, 0) is 32.0 Å². The van der Waals surface area contributed by atoms with Crippen molar-refractivity contribution in [2.24, 2.45) is 0 Å². The van der Waals surface area contributed by atoms with E-state index in [2.05, 4.69) is 23.1 Å². The smallest absolute Gasteiger partial charge is 0.123 e. The van der Waals surface area contributed by atoms with Crippen molar-refractivity contribution in [3.63, 3.8) is 0 Å². The number of benzene rings is 1. The minimum atomic E-state index is 0.327. The maximum atomic E-state index is 5.85. The third-order valence-corrected chi connectivity index (χ3v) is 3.64. The summed E-state index contributed by atoms with van der Waals surface area (Å²) in [7, 11) is 0. The average molecular weight is 247 g/mol. The summed E-state index contributed by atoms with van der Waals surface area (Å²) in [5.74, 6) is 1.03. The molecule has 3 heteroatoms. The highest BCUT2D eigenvalue weighted by atomic mass is 16.6. The molecule has 1 aromatic carbocycles. The Hall–Kier alpha value is -1.06. The van der Waals surface area contributed by atoms with Gasteiger partial charge >= 0.3 is 0 Å². The second-order valence-corrected chi connectivity index (χ2v) is 5.21. The fourth-order valence-electron chi connectivity index (χ4n) is 2.48. The minimum absolute atomic E-state index is 0.327. The van der Waals surface area contributed by atoms with Crippen molar-refractivity contribution < 1.29 is 9.47 Å². The molecule has 1 unspecified atom stereocenters. The summed E-state index contributed by atoms with van der Waals surface area (Å²) in [5, 5.41) is 0. The maximum Gasteiger partial charge on any atom is 0.123 e. The first-order valence-corrected chi connectivity index (χ1v) is 6.96. The van der Waals surface area contributed by atoms with Gasteiger partial charge in [-0.3, -0.25) is 4.90 Å². The molecule has 0 saturated carbocycles. The highest BCUT2D eigenvalue weighted by Crippen LogP contribution is 2.23. The molecule has 3 nitrogen and oxygen atoms in total. The largest absolute Gasteiger partial charge is 0.490 e. The highest BCUT2D eigenvalue weighted by molar-refractivity contribution is 5.33. The summed E-state index contributed by atoms with van der Waals surface area (Å²) in [6.45, 7) is 5.01. The lowest BCUT2D eigenvalue weighted by Crippen LogP contribution is -2.29. The van der Waals surface area contributed by atoms with Crippen LogP contribution in [0.5, 0.6) is 5.75 Å². The summed E-state index contributed by atoms with van der Waals surface area (Å²) in [4.78, 5) is 2.53. The topological polar surface area (TPSA) is 25.0 Å². The molecule has 3 rings (SSSR count). The SMILES string of the molecule is c1ccc(OCC2CO2)c(CN2CCCCC2)c1. The Morgan fingerprint density at radius 3 is 2.72 bits per heavy atom. The number of rotatable bonds is 5. The van der Waals surface area contributed by atoms with Crippen molar-refractivity contribution in [3.05, 3.63) is 29.8 Å². The zero-order valence-electron chi connectivity index (χ0n) is 10.8. The van der Waals surface area contributed by atoms with E-state index in [4.69, 9.17) is 9.47 Å². The molecule has 0 spiro atoms. The minimum Gasteiger partial charge on any atom is -0.490 e. The monoisotopic (exact) mass is 247 g/mol. The number of piperidine rings is 1. The summed E-state index contributed by atoms with van der Waals surface area (Å²) in [6, 6.07) is 8.39. The molecule has 0 aliphatic carbocycles. The Labute approximate surface area is 109 Å². The molecule has 2 heterocycles. The Morgan fingerprint density at radius 2 is 1.94 bits per heavy atom. The van der Waals surface area contributed by atoms with E-state index in [1.165, 1.54) is 37.9 Å². The Morgan fingerprint density at radius 1 is 1.17 bits per heavy atom. The van der Waals surface area contributed by atoms with E-state index < -0.39 is 0 Å². The van der Waals surface area contributed by atoms with Crippen LogP contribution in [-0.4, -0.2) is 37.3 Å². The quantitative estimate of drug-likeness (QED) is 0.747. The van der Waals surface area contributed by atoms with Crippen LogP contribution in [0.15, 0.2) is 24.3 Å². The van der Waals surface area contributed by atoms with Crippen molar-refractivity contribution in [2.45, 2.75) is 31.9 Å². The van der Waals surface area contributed by atoms with Gasteiger partial charge in [-0.25, -0.2) is 0 Å². The summed E-state index contributed by atoms with van der Waals surface area (Å²) in [5.41, 5.74) is 1.31. The van der Waals surface area contributed by atoms with Crippen molar-refractivity contribution >= 4 is 0 Å². The number of hydrogen-bond donors (Lipinski definition) is 0. The van der Waals surface area contributed by atoms with E-state index in [-0.39, 0.29) is 0 Å². The molecule has 98 valence electrons. The molecule has 18 heavy (non-hydrogen) atoms. The second kappa shape index (κ2) is 5.72. The van der Waals surface area contributed by atoms with Gasteiger partial charge in [-0.15, -0.1) is 0 Å². The van der Waals surface area contributed by atoms with Gasteiger partial charge in [-0.2, -0.15) is 0 Å². The first kappa shape index (κ1) is 12.0. The molecule has 0 radical (unpaired) electrons. The van der Waals surface area contributed by atoms with Crippen molar-refractivity contribution in [1.82, 2.24) is 4.90 Å². The van der Waals surface area contributed by atoms with E-state index in [1.807, 2.05) is 6.07 Å². The molecule has 2 aliphatic heterocycles. The zero-order chi connectivity index (χ0) is 12.2. The Kier molecular flexibility index (Phi) is 3.81. The number of para-hydroxylation sites is 1. The maximum absolute atomic E-state index is 5.85. The van der Waals surface area contributed by atoms with Crippen molar-refractivity contribution in [2.75, 3.05) is 26.3 Å². The van der Waals surface area contributed by atoms with Gasteiger partial charge in [0.15, 0.2) is 0 Å². The third-order valence-electron chi connectivity index (χ3n) is 3.64. The predicted molar refractivity (Wildman–Crippen MR) is 70.8 cm³/mol. The molecular weight excluding hydrogens is 226 g/mol. The molecule has 1 atom stereocenters. The summed E-state index contributed by atoms with van der Waals surface area (Å²) < 4.78 is 11.0. The number of nitrogens with zero attached hydrogens (tertiary/aromatic N) is 1. The Bertz CT molecular complexity index is 384. The molecule has 2 fully saturated rings. The zero-order valence-corrected chi connectivity index (χ0v) is 10.8. The first-order chi connectivity index (χ1) is 8.92. The van der Waals surface area contributed by atoms with Gasteiger partial charge in [0.05, 0.1) is 6.61 Å². The molecule has 1 aromatic rings. The third kappa shape index (κ3) is 3.24. The molecule has 0 bridgehead atoms. The molecule has 0 amide bonds. The van der Waals surface area contributed by atoms with Crippen LogP contribution in [0.1, 0.15) is 24.8 Å². The summed E-state index contributed by atoms with van der Waals surface area (Å²) >= 11 is 0. The van der Waals surface area contributed by atoms with Gasteiger partial charge in [0.2, 0.25) is 0 Å². The van der Waals surface area contributed by atoms with Crippen LogP contribution in [0.3, 0.4) is 0 Å². The van der Waals surface area contributed by atoms with Crippen LogP contribution in [0.2, 0.25) is 0 Å². The average Bonchev–Trinajstić information content (AvgIpc) is 3.23. The lowest BCUT2D eigenvalue weighted by atomic mass is 10.1. The van der Waals surface area contributed by atoms with E-state index in [0.29, 0.717) is 12.7 Å². The second-order valence-electron chi connectivity index (χ2n) is 5.21. The fourth-order valence-corrected chi connectivity index (χ4v) is 2.48. The Balaban J connectivity index is 1.61. The standard InChI is InChI=1S/C15H21NO2/c1-4-8-16(9-5-1)10-13-6-2-3-7-15(13)18-12-14-11-17-14/h2-3,6-7,14H,1,4-5,8-12H2. The van der Waals surface area contributed by atoms with Gasteiger partial charge in [0.1, 0.15) is 18.5 Å². The fraction of sp³-hybridized carbons (Fsp3) is 0.600. The van der Waals surface area contributed by atoms with Gasteiger partial charge in [0.25, 0.3) is 0 Å². The van der Waals surface area contributed by atoms with Crippen LogP contribution in [0.4, 0.5) is 0 Å². The molecule has 2 saturated heterocycles. The number of ether oxygens (including phenoxy) is 2. The van der Waals surface area contributed by atoms with Crippen LogP contribution in [-0.2, 0) is 11.3 Å². The van der Waals surface area contributed by atoms with Crippen LogP contribution in [0.25, 0.3) is 0 Å². The van der Waals surface area contributed by atoms with E-state index in [0.717, 1.165) is 18.9 Å². The van der Waals surface area contributed by atoms with Gasteiger partial charge in [0, 0.05) is 12.1 Å². The number of epoxide rings is 1. The number of hydrogen-bond acceptors (Lipinski definition) is 3. The van der Waals surface area contributed by atoms with Gasteiger partial charge < -0.3 is 9.47 Å². The van der Waals surface area contributed by atoms with E-state index in [9.17, 15) is 0 Å². The molecule has 0 aromatic heterocycles. The summed E-state index contributed by atoms with van der Waals surface area (Å²) in [6.07, 6.45) is 4.37. The van der Waals surface area contributed by atoms with Gasteiger partial charge in [-0.1, -0.05) is 24.6 Å². The van der Waals surface area contributed by atoms with Crippen molar-refractivity contribution in [3.8, 4) is 5.75 Å². The van der Waals surface area contributed by atoms with Crippen LogP contribution < -0.4 is 4.74 Å². The highest BCUT2D eigenvalue weighted by Gasteiger charge is 2.23. The molecular formula is C15H21NO2. The number of likely N-dealkylation sites (tertiary alicyclic amines) is 1. The molecule has 2 aliphatic rings.